The highest BCUT2D eigenvalue weighted by Gasteiger charge is 2.23. The molecule has 0 atom stereocenters. The van der Waals surface area contributed by atoms with Gasteiger partial charge in [0, 0.05) is 21.4 Å². The van der Waals surface area contributed by atoms with Gasteiger partial charge in [-0.05, 0) is 45.9 Å². The number of nitrogens with zero attached hydrogens (tertiary/aromatic N) is 4. The van der Waals surface area contributed by atoms with Crippen molar-refractivity contribution in [2.75, 3.05) is 0 Å². The van der Waals surface area contributed by atoms with Crippen LogP contribution in [0.2, 0.25) is 0 Å². The minimum absolute atomic E-state index is 0.0991. The average molecular weight is 359 g/mol. The second-order valence-corrected chi connectivity index (χ2v) is 6.49. The van der Waals surface area contributed by atoms with Crippen molar-refractivity contribution in [1.29, 1.82) is 0 Å². The molecule has 0 unspecified atom stereocenters. The Kier molecular flexibility index (Phi) is 3.91. The molecule has 0 N–H and O–H groups in total. The summed E-state index contributed by atoms with van der Waals surface area (Å²) in [6, 6.07) is 12.4. The standard InChI is InChI=1S/C17H19BrN4/c1-11-9-13(3)21(19-11)17(15-7-5-6-8-16(15)18)22-14(4)10-12(2)20-22/h5-10,17H,1-4H3. The Bertz CT molecular complexity index is 770. The molecule has 0 aliphatic rings. The van der Waals surface area contributed by atoms with Crippen LogP contribution in [0.4, 0.5) is 0 Å². The molecule has 3 rings (SSSR count). The Hall–Kier alpha value is -1.88. The molecule has 4 nitrogen and oxygen atoms in total. The predicted molar refractivity (Wildman–Crippen MR) is 91.1 cm³/mol. The van der Waals surface area contributed by atoms with E-state index < -0.39 is 0 Å². The van der Waals surface area contributed by atoms with Gasteiger partial charge in [0.05, 0.1) is 11.4 Å². The highest BCUT2D eigenvalue weighted by atomic mass is 79.9. The highest BCUT2D eigenvalue weighted by Crippen LogP contribution is 2.29. The maximum absolute atomic E-state index is 4.69. The van der Waals surface area contributed by atoms with Gasteiger partial charge in [-0.3, -0.25) is 0 Å². The largest absolute Gasteiger partial charge is 0.240 e. The van der Waals surface area contributed by atoms with Crippen LogP contribution in [0.1, 0.15) is 34.5 Å². The lowest BCUT2D eigenvalue weighted by Gasteiger charge is -2.23. The predicted octanol–water partition coefficient (Wildman–Crippen LogP) is 4.17. The van der Waals surface area contributed by atoms with E-state index in [1.54, 1.807) is 0 Å². The van der Waals surface area contributed by atoms with Crippen LogP contribution in [0, 0.1) is 27.7 Å². The molecule has 0 saturated carbocycles. The third-order valence-electron chi connectivity index (χ3n) is 3.74. The zero-order chi connectivity index (χ0) is 15.9. The van der Waals surface area contributed by atoms with Gasteiger partial charge in [-0.25, -0.2) is 9.36 Å². The maximum atomic E-state index is 4.69. The molecule has 114 valence electrons. The van der Waals surface area contributed by atoms with Crippen molar-refractivity contribution < 1.29 is 0 Å². The fourth-order valence-electron chi connectivity index (χ4n) is 2.84. The lowest BCUT2D eigenvalue weighted by molar-refractivity contribution is 0.400. The number of hydrogen-bond acceptors (Lipinski definition) is 2. The summed E-state index contributed by atoms with van der Waals surface area (Å²) in [5.41, 5.74) is 5.39. The number of aromatic nitrogens is 4. The quantitative estimate of drug-likeness (QED) is 0.704. The first-order chi connectivity index (χ1) is 10.5. The van der Waals surface area contributed by atoms with Crippen LogP contribution in [0.15, 0.2) is 40.9 Å². The highest BCUT2D eigenvalue weighted by molar-refractivity contribution is 9.10. The Morgan fingerprint density at radius 2 is 1.36 bits per heavy atom. The summed E-state index contributed by atoms with van der Waals surface area (Å²) in [7, 11) is 0. The van der Waals surface area contributed by atoms with E-state index in [2.05, 4.69) is 64.2 Å². The first-order valence-corrected chi connectivity index (χ1v) is 8.06. The third-order valence-corrected chi connectivity index (χ3v) is 4.46. The number of hydrogen-bond donors (Lipinski definition) is 0. The summed E-state index contributed by atoms with van der Waals surface area (Å²) in [5, 5.41) is 9.38. The van der Waals surface area contributed by atoms with Crippen molar-refractivity contribution in [3.63, 3.8) is 0 Å². The second-order valence-electron chi connectivity index (χ2n) is 5.64. The van der Waals surface area contributed by atoms with Gasteiger partial charge in [0.25, 0.3) is 0 Å². The van der Waals surface area contributed by atoms with Crippen LogP contribution in [0.3, 0.4) is 0 Å². The Morgan fingerprint density at radius 1 is 0.864 bits per heavy atom. The summed E-state index contributed by atoms with van der Waals surface area (Å²) in [6.45, 7) is 8.19. The Morgan fingerprint density at radius 3 is 1.77 bits per heavy atom. The lowest BCUT2D eigenvalue weighted by atomic mass is 10.1. The van der Waals surface area contributed by atoms with Crippen molar-refractivity contribution in [2.45, 2.75) is 33.9 Å². The molecule has 0 aliphatic heterocycles. The zero-order valence-electron chi connectivity index (χ0n) is 13.2. The van der Waals surface area contributed by atoms with Gasteiger partial charge in [-0.15, -0.1) is 0 Å². The fourth-order valence-corrected chi connectivity index (χ4v) is 3.33. The minimum Gasteiger partial charge on any atom is -0.240 e. The van der Waals surface area contributed by atoms with E-state index in [-0.39, 0.29) is 6.17 Å². The van der Waals surface area contributed by atoms with Crippen LogP contribution in [0.5, 0.6) is 0 Å². The molecule has 0 spiro atoms. The smallest absolute Gasteiger partial charge is 0.170 e. The van der Waals surface area contributed by atoms with Gasteiger partial charge < -0.3 is 0 Å². The van der Waals surface area contributed by atoms with Crippen LogP contribution < -0.4 is 0 Å². The first-order valence-electron chi connectivity index (χ1n) is 7.27. The Labute approximate surface area is 138 Å². The topological polar surface area (TPSA) is 35.6 Å². The molecule has 0 bridgehead atoms. The molecule has 2 aromatic heterocycles. The molecule has 0 fully saturated rings. The zero-order valence-corrected chi connectivity index (χ0v) is 14.8. The van der Waals surface area contributed by atoms with Gasteiger partial charge in [0.15, 0.2) is 6.17 Å². The molecule has 5 heteroatoms. The van der Waals surface area contributed by atoms with E-state index in [1.807, 2.05) is 35.3 Å². The lowest BCUT2D eigenvalue weighted by Crippen LogP contribution is -2.24. The van der Waals surface area contributed by atoms with Crippen molar-refractivity contribution in [3.05, 3.63) is 69.2 Å². The maximum Gasteiger partial charge on any atom is 0.170 e. The van der Waals surface area contributed by atoms with Gasteiger partial charge in [-0.2, -0.15) is 10.2 Å². The fraction of sp³-hybridized carbons (Fsp3) is 0.294. The van der Waals surface area contributed by atoms with E-state index in [4.69, 9.17) is 0 Å². The molecule has 2 heterocycles. The summed E-state index contributed by atoms with van der Waals surface area (Å²) in [5.74, 6) is 0. The molecule has 0 aliphatic carbocycles. The van der Waals surface area contributed by atoms with Crippen molar-refractivity contribution in [2.24, 2.45) is 0 Å². The van der Waals surface area contributed by atoms with E-state index in [1.165, 1.54) is 0 Å². The number of aryl methyl sites for hydroxylation is 4. The van der Waals surface area contributed by atoms with Gasteiger partial charge in [0.2, 0.25) is 0 Å². The molecular weight excluding hydrogens is 340 g/mol. The van der Waals surface area contributed by atoms with Gasteiger partial charge in [0.1, 0.15) is 0 Å². The van der Waals surface area contributed by atoms with Crippen LogP contribution in [-0.4, -0.2) is 19.6 Å². The summed E-state index contributed by atoms with van der Waals surface area (Å²) in [4.78, 5) is 0. The molecule has 22 heavy (non-hydrogen) atoms. The first kappa shape index (κ1) is 15.0. The summed E-state index contributed by atoms with van der Waals surface area (Å²) < 4.78 is 5.13. The SMILES string of the molecule is Cc1cc(C)n(C(c2ccccc2Br)n2nc(C)cc2C)n1. The normalized spacial score (nSPS) is 11.4. The van der Waals surface area contributed by atoms with Gasteiger partial charge >= 0.3 is 0 Å². The number of rotatable bonds is 3. The van der Waals surface area contributed by atoms with Crippen molar-refractivity contribution in [1.82, 2.24) is 19.6 Å². The van der Waals surface area contributed by atoms with Gasteiger partial charge in [-0.1, -0.05) is 34.1 Å². The van der Waals surface area contributed by atoms with Crippen LogP contribution >= 0.6 is 15.9 Å². The van der Waals surface area contributed by atoms with E-state index >= 15 is 0 Å². The number of halogens is 1. The van der Waals surface area contributed by atoms with E-state index in [9.17, 15) is 0 Å². The van der Waals surface area contributed by atoms with E-state index in [0.717, 1.165) is 32.8 Å². The van der Waals surface area contributed by atoms with E-state index in [0.29, 0.717) is 0 Å². The molecule has 0 saturated heterocycles. The summed E-state index contributed by atoms with van der Waals surface area (Å²) in [6.07, 6.45) is -0.0991. The molecular formula is C17H19BrN4. The molecule has 0 amide bonds. The second kappa shape index (κ2) is 5.72. The molecule has 1 aromatic carbocycles. The molecule has 0 radical (unpaired) electrons. The number of benzene rings is 1. The Balaban J connectivity index is 2.25. The van der Waals surface area contributed by atoms with Crippen molar-refractivity contribution in [3.8, 4) is 0 Å². The average Bonchev–Trinajstić information content (AvgIpc) is 2.95. The van der Waals surface area contributed by atoms with Crippen LogP contribution in [0.25, 0.3) is 0 Å². The summed E-state index contributed by atoms with van der Waals surface area (Å²) >= 11 is 3.67. The monoisotopic (exact) mass is 358 g/mol. The van der Waals surface area contributed by atoms with Crippen molar-refractivity contribution >= 4 is 15.9 Å². The minimum atomic E-state index is -0.0991. The third kappa shape index (κ3) is 2.61. The van der Waals surface area contributed by atoms with Crippen LogP contribution in [-0.2, 0) is 0 Å². The molecule has 3 aromatic rings.